The summed E-state index contributed by atoms with van der Waals surface area (Å²) in [4.78, 5) is 11.4. The standard InChI is InChI=1S/C14H11NO2/c16-12-8-7-10-6-5-9-3-1-2-4-11(9)14(17)13(10)15-12/h1-7,17H,8H2,(H,15,16). The third-order valence-corrected chi connectivity index (χ3v) is 2.96. The summed E-state index contributed by atoms with van der Waals surface area (Å²) >= 11 is 0. The molecule has 17 heavy (non-hydrogen) atoms. The van der Waals surface area contributed by atoms with Gasteiger partial charge in [-0.3, -0.25) is 4.79 Å². The molecule has 0 unspecified atom stereocenters. The van der Waals surface area contributed by atoms with E-state index in [1.807, 2.05) is 42.5 Å². The fraction of sp³-hybridized carbons (Fsp3) is 0.0714. The Morgan fingerprint density at radius 2 is 2.00 bits per heavy atom. The van der Waals surface area contributed by atoms with E-state index >= 15 is 0 Å². The molecule has 2 aliphatic rings. The molecule has 0 atom stereocenters. The Bertz CT molecular complexity index is 594. The first-order valence-electron chi connectivity index (χ1n) is 5.47. The van der Waals surface area contributed by atoms with E-state index in [9.17, 15) is 9.90 Å². The van der Waals surface area contributed by atoms with Crippen molar-refractivity contribution in [2.45, 2.75) is 6.42 Å². The fourth-order valence-electron chi connectivity index (χ4n) is 2.09. The smallest absolute Gasteiger partial charge is 0.228 e. The zero-order chi connectivity index (χ0) is 11.8. The van der Waals surface area contributed by atoms with Crippen LogP contribution in [0.2, 0.25) is 0 Å². The first-order valence-corrected chi connectivity index (χ1v) is 5.47. The second-order valence-electron chi connectivity index (χ2n) is 4.06. The van der Waals surface area contributed by atoms with Gasteiger partial charge in [-0.05, 0) is 11.1 Å². The van der Waals surface area contributed by atoms with Crippen LogP contribution in [-0.4, -0.2) is 11.0 Å². The highest BCUT2D eigenvalue weighted by Crippen LogP contribution is 2.30. The normalized spacial score (nSPS) is 17.9. The molecule has 0 aromatic heterocycles. The van der Waals surface area contributed by atoms with E-state index in [-0.39, 0.29) is 11.7 Å². The number of carbonyl (C=O) groups is 1. The van der Waals surface area contributed by atoms with E-state index in [2.05, 4.69) is 5.32 Å². The Morgan fingerprint density at radius 3 is 2.88 bits per heavy atom. The number of aliphatic hydroxyl groups is 1. The summed E-state index contributed by atoms with van der Waals surface area (Å²) in [6.07, 6.45) is 6.04. The van der Waals surface area contributed by atoms with Crippen molar-refractivity contribution in [2.24, 2.45) is 0 Å². The monoisotopic (exact) mass is 225 g/mol. The van der Waals surface area contributed by atoms with Gasteiger partial charge in [0.2, 0.25) is 5.91 Å². The van der Waals surface area contributed by atoms with Gasteiger partial charge < -0.3 is 10.4 Å². The van der Waals surface area contributed by atoms with Crippen LogP contribution in [0, 0.1) is 0 Å². The van der Waals surface area contributed by atoms with Gasteiger partial charge in [0.1, 0.15) is 5.76 Å². The van der Waals surface area contributed by atoms with Gasteiger partial charge in [0.15, 0.2) is 0 Å². The second kappa shape index (κ2) is 3.63. The molecule has 0 saturated heterocycles. The largest absolute Gasteiger partial charge is 0.505 e. The van der Waals surface area contributed by atoms with E-state index < -0.39 is 0 Å². The Balaban J connectivity index is 2.26. The molecule has 1 aliphatic carbocycles. The van der Waals surface area contributed by atoms with Crippen molar-refractivity contribution in [3.05, 3.63) is 58.8 Å². The lowest BCUT2D eigenvalue weighted by Gasteiger charge is -2.16. The topological polar surface area (TPSA) is 49.3 Å². The maximum absolute atomic E-state index is 11.4. The molecule has 0 spiro atoms. The first-order chi connectivity index (χ1) is 8.25. The summed E-state index contributed by atoms with van der Waals surface area (Å²) in [6, 6.07) is 7.56. The number of carbonyl (C=O) groups excluding carboxylic acids is 1. The van der Waals surface area contributed by atoms with Crippen LogP contribution in [0.1, 0.15) is 17.5 Å². The van der Waals surface area contributed by atoms with Crippen LogP contribution in [0.3, 0.4) is 0 Å². The molecule has 0 saturated carbocycles. The number of hydrogen-bond acceptors (Lipinski definition) is 2. The molecular formula is C14H11NO2. The zero-order valence-electron chi connectivity index (χ0n) is 9.10. The number of allylic oxidation sites excluding steroid dienone is 1. The molecule has 2 N–H and O–H groups in total. The first kappa shape index (κ1) is 9.90. The number of nitrogens with one attached hydrogen (secondary N) is 1. The minimum absolute atomic E-state index is 0.0944. The summed E-state index contributed by atoms with van der Waals surface area (Å²) in [5, 5.41) is 13.0. The minimum Gasteiger partial charge on any atom is -0.505 e. The lowest BCUT2D eigenvalue weighted by molar-refractivity contribution is -0.119. The zero-order valence-corrected chi connectivity index (χ0v) is 9.10. The quantitative estimate of drug-likeness (QED) is 0.712. The van der Waals surface area contributed by atoms with Gasteiger partial charge in [0.25, 0.3) is 0 Å². The number of fused-ring (bicyclic) bond motifs is 2. The summed E-state index contributed by atoms with van der Waals surface area (Å²) in [7, 11) is 0. The second-order valence-corrected chi connectivity index (χ2v) is 4.06. The summed E-state index contributed by atoms with van der Waals surface area (Å²) in [5.74, 6) is 0.0352. The number of hydrogen-bond donors (Lipinski definition) is 2. The fourth-order valence-corrected chi connectivity index (χ4v) is 2.09. The average Bonchev–Trinajstić information content (AvgIpc) is 2.49. The maximum Gasteiger partial charge on any atom is 0.228 e. The van der Waals surface area contributed by atoms with E-state index in [4.69, 9.17) is 0 Å². The molecule has 3 rings (SSSR count). The van der Waals surface area contributed by atoms with Gasteiger partial charge in [-0.1, -0.05) is 42.5 Å². The SMILES string of the molecule is O=C1CC=C2C=Cc3ccccc3C(O)=C2N1. The van der Waals surface area contributed by atoms with Crippen LogP contribution in [-0.2, 0) is 4.79 Å². The van der Waals surface area contributed by atoms with Crippen LogP contribution in [0.25, 0.3) is 11.8 Å². The molecule has 3 nitrogen and oxygen atoms in total. The Morgan fingerprint density at radius 1 is 1.18 bits per heavy atom. The minimum atomic E-state index is -0.0944. The van der Waals surface area contributed by atoms with Crippen molar-refractivity contribution in [1.29, 1.82) is 0 Å². The highest BCUT2D eigenvalue weighted by Gasteiger charge is 2.21. The summed E-state index contributed by atoms with van der Waals surface area (Å²) in [5.41, 5.74) is 3.05. The van der Waals surface area contributed by atoms with Gasteiger partial charge in [-0.15, -0.1) is 0 Å². The summed E-state index contributed by atoms with van der Waals surface area (Å²) in [6.45, 7) is 0. The molecule has 0 radical (unpaired) electrons. The predicted molar refractivity (Wildman–Crippen MR) is 65.9 cm³/mol. The predicted octanol–water partition coefficient (Wildman–Crippen LogP) is 2.39. The number of amides is 1. The Labute approximate surface area is 98.8 Å². The van der Waals surface area contributed by atoms with Crippen molar-refractivity contribution >= 4 is 17.7 Å². The third kappa shape index (κ3) is 1.56. The van der Waals surface area contributed by atoms with Crippen molar-refractivity contribution in [1.82, 2.24) is 5.32 Å². The maximum atomic E-state index is 11.4. The molecule has 84 valence electrons. The Kier molecular flexibility index (Phi) is 2.11. The van der Waals surface area contributed by atoms with Crippen molar-refractivity contribution < 1.29 is 9.90 Å². The van der Waals surface area contributed by atoms with Crippen molar-refractivity contribution in [3.63, 3.8) is 0 Å². The van der Waals surface area contributed by atoms with E-state index in [1.165, 1.54) is 0 Å². The van der Waals surface area contributed by atoms with E-state index in [0.717, 1.165) is 16.7 Å². The molecular weight excluding hydrogens is 214 g/mol. The van der Waals surface area contributed by atoms with Crippen molar-refractivity contribution in [2.75, 3.05) is 0 Å². The lowest BCUT2D eigenvalue weighted by Crippen LogP contribution is -2.27. The molecule has 1 aliphatic heterocycles. The highest BCUT2D eigenvalue weighted by atomic mass is 16.3. The van der Waals surface area contributed by atoms with Gasteiger partial charge in [0, 0.05) is 12.0 Å². The van der Waals surface area contributed by atoms with Crippen LogP contribution >= 0.6 is 0 Å². The van der Waals surface area contributed by atoms with Gasteiger partial charge in [-0.25, -0.2) is 0 Å². The number of aliphatic hydroxyl groups excluding tert-OH is 1. The van der Waals surface area contributed by atoms with Crippen molar-refractivity contribution in [3.8, 4) is 0 Å². The molecule has 3 heteroatoms. The van der Waals surface area contributed by atoms with E-state index in [0.29, 0.717) is 12.1 Å². The van der Waals surface area contributed by atoms with Gasteiger partial charge >= 0.3 is 0 Å². The number of rotatable bonds is 0. The lowest BCUT2D eigenvalue weighted by atomic mass is 10.0. The molecule has 0 fully saturated rings. The van der Waals surface area contributed by atoms with Crippen LogP contribution < -0.4 is 5.32 Å². The van der Waals surface area contributed by atoms with Crippen LogP contribution in [0.15, 0.2) is 47.7 Å². The Hall–Kier alpha value is -2.29. The van der Waals surface area contributed by atoms with Gasteiger partial charge in [-0.2, -0.15) is 0 Å². The molecule has 1 aromatic rings. The van der Waals surface area contributed by atoms with E-state index in [1.54, 1.807) is 0 Å². The number of benzene rings is 1. The van der Waals surface area contributed by atoms with Crippen LogP contribution in [0.5, 0.6) is 0 Å². The van der Waals surface area contributed by atoms with Crippen LogP contribution in [0.4, 0.5) is 0 Å². The molecule has 1 amide bonds. The molecule has 0 bridgehead atoms. The highest BCUT2D eigenvalue weighted by molar-refractivity contribution is 5.89. The van der Waals surface area contributed by atoms with Gasteiger partial charge in [0.05, 0.1) is 5.70 Å². The average molecular weight is 225 g/mol. The molecule has 1 heterocycles. The summed E-state index contributed by atoms with van der Waals surface area (Å²) < 4.78 is 0. The third-order valence-electron chi connectivity index (χ3n) is 2.96. The molecule has 1 aromatic carbocycles.